The molecule has 1 amide bonds. The molecule has 1 aromatic heterocycles. The molecule has 0 bridgehead atoms. The van der Waals surface area contributed by atoms with Gasteiger partial charge in [0.05, 0.1) is 5.69 Å². The van der Waals surface area contributed by atoms with Crippen molar-refractivity contribution in [1.29, 1.82) is 0 Å². The summed E-state index contributed by atoms with van der Waals surface area (Å²) in [5.74, 6) is 0.0588. The van der Waals surface area contributed by atoms with Crippen LogP contribution in [0.2, 0.25) is 0 Å². The van der Waals surface area contributed by atoms with Crippen molar-refractivity contribution in [1.82, 2.24) is 14.8 Å². The number of phenolic OH excluding ortho intramolecular Hbond substituents is 1. The molecule has 2 aromatic carbocycles. The van der Waals surface area contributed by atoms with Gasteiger partial charge in [-0.2, -0.15) is 0 Å². The topological polar surface area (TPSA) is 80.7 Å². The molecule has 0 saturated carbocycles. The number of phenols is 1. The standard InChI is InChI=1S/C27H32FN5O2/c1-19(34)30-23-7-4-20(5-8-23)21-16-25(24-18-22(28)6-9-26(24)35)31-27(17-21)29-10-3-11-33-14-12-32(2)13-15-33/h4-9,16-18,35H,3,10-15H2,1-2H3,(H,29,31)(H,30,34). The Kier molecular flexibility index (Phi) is 7.94. The number of rotatable bonds is 8. The van der Waals surface area contributed by atoms with Crippen LogP contribution in [-0.4, -0.2) is 72.1 Å². The molecule has 1 aliphatic heterocycles. The van der Waals surface area contributed by atoms with Crippen molar-refractivity contribution in [3.63, 3.8) is 0 Å². The Balaban J connectivity index is 1.54. The Hall–Kier alpha value is -3.49. The molecule has 1 saturated heterocycles. The van der Waals surface area contributed by atoms with E-state index in [1.807, 2.05) is 36.4 Å². The van der Waals surface area contributed by atoms with Gasteiger partial charge in [0.1, 0.15) is 17.4 Å². The van der Waals surface area contributed by atoms with Crippen LogP contribution in [0.1, 0.15) is 13.3 Å². The zero-order chi connectivity index (χ0) is 24.8. The highest BCUT2D eigenvalue weighted by atomic mass is 19.1. The molecular formula is C27H32FN5O2. The molecule has 4 rings (SSSR count). The van der Waals surface area contributed by atoms with Gasteiger partial charge in [0.2, 0.25) is 5.91 Å². The lowest BCUT2D eigenvalue weighted by molar-refractivity contribution is -0.114. The number of carbonyl (C=O) groups is 1. The highest BCUT2D eigenvalue weighted by Gasteiger charge is 2.14. The van der Waals surface area contributed by atoms with Gasteiger partial charge in [0, 0.05) is 50.9 Å². The molecular weight excluding hydrogens is 445 g/mol. The second-order valence-corrected chi connectivity index (χ2v) is 8.97. The third-order valence-corrected chi connectivity index (χ3v) is 6.15. The third kappa shape index (κ3) is 6.77. The van der Waals surface area contributed by atoms with Gasteiger partial charge in [-0.05, 0) is 73.6 Å². The Morgan fingerprint density at radius 3 is 2.49 bits per heavy atom. The first kappa shape index (κ1) is 24.6. The molecule has 1 fully saturated rings. The van der Waals surface area contributed by atoms with Crippen LogP contribution in [0.3, 0.4) is 0 Å². The van der Waals surface area contributed by atoms with E-state index in [-0.39, 0.29) is 11.7 Å². The van der Waals surface area contributed by atoms with E-state index in [9.17, 15) is 14.3 Å². The van der Waals surface area contributed by atoms with Crippen molar-refractivity contribution in [2.75, 3.05) is 56.9 Å². The van der Waals surface area contributed by atoms with Crippen LogP contribution in [0.15, 0.2) is 54.6 Å². The van der Waals surface area contributed by atoms with Crippen LogP contribution in [-0.2, 0) is 4.79 Å². The predicted octanol–water partition coefficient (Wildman–Crippen LogP) is 4.27. The monoisotopic (exact) mass is 477 g/mol. The Morgan fingerprint density at radius 1 is 1.03 bits per heavy atom. The van der Waals surface area contributed by atoms with Crippen molar-refractivity contribution in [2.24, 2.45) is 0 Å². The van der Waals surface area contributed by atoms with Gasteiger partial charge in [0.25, 0.3) is 0 Å². The summed E-state index contributed by atoms with van der Waals surface area (Å²) in [5.41, 5.74) is 3.31. The first-order chi connectivity index (χ1) is 16.9. The molecule has 3 aromatic rings. The van der Waals surface area contributed by atoms with Crippen molar-refractivity contribution in [3.8, 4) is 28.1 Å². The molecule has 2 heterocycles. The summed E-state index contributed by atoms with van der Waals surface area (Å²) in [6, 6.07) is 15.1. The lowest BCUT2D eigenvalue weighted by atomic mass is 10.0. The van der Waals surface area contributed by atoms with Gasteiger partial charge in [-0.3, -0.25) is 4.79 Å². The zero-order valence-corrected chi connectivity index (χ0v) is 20.2. The van der Waals surface area contributed by atoms with E-state index < -0.39 is 5.82 Å². The van der Waals surface area contributed by atoms with Crippen LogP contribution < -0.4 is 10.6 Å². The summed E-state index contributed by atoms with van der Waals surface area (Å²) < 4.78 is 14.0. The predicted molar refractivity (Wildman–Crippen MR) is 138 cm³/mol. The van der Waals surface area contributed by atoms with Gasteiger partial charge < -0.3 is 25.5 Å². The number of nitrogens with one attached hydrogen (secondary N) is 2. The summed E-state index contributed by atoms with van der Waals surface area (Å²) in [6.07, 6.45) is 0.974. The minimum Gasteiger partial charge on any atom is -0.507 e. The largest absolute Gasteiger partial charge is 0.507 e. The van der Waals surface area contributed by atoms with Gasteiger partial charge >= 0.3 is 0 Å². The number of likely N-dealkylation sites (N-methyl/N-ethyl adjacent to an activating group) is 1. The molecule has 35 heavy (non-hydrogen) atoms. The fourth-order valence-corrected chi connectivity index (χ4v) is 4.18. The first-order valence-electron chi connectivity index (χ1n) is 11.9. The Bertz CT molecular complexity index is 1160. The van der Waals surface area contributed by atoms with Crippen molar-refractivity contribution in [2.45, 2.75) is 13.3 Å². The second kappa shape index (κ2) is 11.3. The number of halogens is 1. The number of carbonyl (C=O) groups excluding carboxylic acids is 1. The van der Waals surface area contributed by atoms with E-state index >= 15 is 0 Å². The Morgan fingerprint density at radius 2 is 1.77 bits per heavy atom. The van der Waals surface area contributed by atoms with E-state index in [0.717, 1.165) is 56.8 Å². The molecule has 184 valence electrons. The quantitative estimate of drug-likeness (QED) is 0.421. The molecule has 0 unspecified atom stereocenters. The van der Waals surface area contributed by atoms with E-state index in [4.69, 9.17) is 0 Å². The maximum absolute atomic E-state index is 14.0. The van der Waals surface area contributed by atoms with Crippen LogP contribution in [0.5, 0.6) is 5.75 Å². The van der Waals surface area contributed by atoms with Crippen molar-refractivity contribution < 1.29 is 14.3 Å². The summed E-state index contributed by atoms with van der Waals surface area (Å²) in [4.78, 5) is 20.8. The molecule has 0 atom stereocenters. The van der Waals surface area contributed by atoms with Crippen LogP contribution in [0, 0.1) is 5.82 Å². The average molecular weight is 478 g/mol. The van der Waals surface area contributed by atoms with Gasteiger partial charge in [-0.15, -0.1) is 0 Å². The zero-order valence-electron chi connectivity index (χ0n) is 20.2. The fraction of sp³-hybridized carbons (Fsp3) is 0.333. The molecule has 0 spiro atoms. The molecule has 7 nitrogen and oxygen atoms in total. The second-order valence-electron chi connectivity index (χ2n) is 8.97. The third-order valence-electron chi connectivity index (χ3n) is 6.15. The number of anilines is 2. The highest BCUT2D eigenvalue weighted by molar-refractivity contribution is 5.89. The highest BCUT2D eigenvalue weighted by Crippen LogP contribution is 2.33. The number of hydrogen-bond acceptors (Lipinski definition) is 6. The molecule has 8 heteroatoms. The number of pyridine rings is 1. The summed E-state index contributed by atoms with van der Waals surface area (Å²) in [7, 11) is 2.15. The maximum atomic E-state index is 14.0. The minimum absolute atomic E-state index is 0.0296. The maximum Gasteiger partial charge on any atom is 0.221 e. The smallest absolute Gasteiger partial charge is 0.221 e. The fourth-order valence-electron chi connectivity index (χ4n) is 4.18. The van der Waals surface area contributed by atoms with E-state index in [1.165, 1.54) is 25.1 Å². The minimum atomic E-state index is -0.439. The molecule has 3 N–H and O–H groups in total. The number of piperazine rings is 1. The van der Waals surface area contributed by atoms with Crippen molar-refractivity contribution in [3.05, 3.63) is 60.4 Å². The van der Waals surface area contributed by atoms with Gasteiger partial charge in [0.15, 0.2) is 0 Å². The SMILES string of the molecule is CC(=O)Nc1ccc(-c2cc(NCCCN3CCN(C)CC3)nc(-c3cc(F)ccc3O)c2)cc1. The molecule has 0 aliphatic carbocycles. The number of benzene rings is 2. The van der Waals surface area contributed by atoms with E-state index in [0.29, 0.717) is 22.8 Å². The normalized spacial score (nSPS) is 14.6. The van der Waals surface area contributed by atoms with E-state index in [2.05, 4.69) is 32.5 Å². The van der Waals surface area contributed by atoms with Gasteiger partial charge in [-0.1, -0.05) is 12.1 Å². The average Bonchev–Trinajstić information content (AvgIpc) is 2.84. The number of nitrogens with zero attached hydrogens (tertiary/aromatic N) is 3. The number of aromatic hydroxyl groups is 1. The lowest BCUT2D eigenvalue weighted by Crippen LogP contribution is -2.44. The van der Waals surface area contributed by atoms with E-state index in [1.54, 1.807) is 0 Å². The Labute approximate surface area is 205 Å². The van der Waals surface area contributed by atoms with Crippen LogP contribution in [0.25, 0.3) is 22.4 Å². The number of hydrogen-bond donors (Lipinski definition) is 3. The number of aromatic nitrogens is 1. The van der Waals surface area contributed by atoms with Gasteiger partial charge in [-0.25, -0.2) is 9.37 Å². The summed E-state index contributed by atoms with van der Waals surface area (Å²) in [5, 5.41) is 16.5. The number of amides is 1. The van der Waals surface area contributed by atoms with Crippen molar-refractivity contribution >= 4 is 17.4 Å². The molecule has 0 radical (unpaired) electrons. The van der Waals surface area contributed by atoms with Crippen LogP contribution in [0.4, 0.5) is 15.9 Å². The first-order valence-corrected chi connectivity index (χ1v) is 11.9. The summed E-state index contributed by atoms with van der Waals surface area (Å²) in [6.45, 7) is 7.59. The molecule has 1 aliphatic rings. The summed E-state index contributed by atoms with van der Waals surface area (Å²) >= 11 is 0. The lowest BCUT2D eigenvalue weighted by Gasteiger charge is -2.32. The van der Waals surface area contributed by atoms with Crippen LogP contribution >= 0.6 is 0 Å².